The van der Waals surface area contributed by atoms with E-state index in [0.717, 1.165) is 12.8 Å². The third-order valence-electron chi connectivity index (χ3n) is 5.53. The van der Waals surface area contributed by atoms with Gasteiger partial charge in [-0.05, 0) is 56.4 Å². The number of aromatic nitrogens is 1. The van der Waals surface area contributed by atoms with Crippen molar-refractivity contribution in [2.45, 2.75) is 32.7 Å². The number of carbonyl (C=O) groups excluding carboxylic acids is 1. The van der Waals surface area contributed by atoms with Crippen molar-refractivity contribution in [3.63, 3.8) is 0 Å². The molecule has 30 heavy (non-hydrogen) atoms. The van der Waals surface area contributed by atoms with Crippen molar-refractivity contribution in [1.82, 2.24) is 9.99 Å². The SMILES string of the molecule is CCNn1c(C)c(C(=O)NC(c2cccc(F)c2)C2CC2)c2cccc(F)c2c1=O. The first-order valence-corrected chi connectivity index (χ1v) is 10.1. The number of rotatable bonds is 6. The fraction of sp³-hybridized carbons (Fsp3) is 0.304. The Hall–Kier alpha value is -3.22. The van der Waals surface area contributed by atoms with E-state index in [-0.39, 0.29) is 34.1 Å². The quantitative estimate of drug-likeness (QED) is 0.644. The van der Waals surface area contributed by atoms with Crippen LogP contribution < -0.4 is 16.3 Å². The number of nitrogens with one attached hydrogen (secondary N) is 2. The number of nitrogens with zero attached hydrogens (tertiary/aromatic N) is 1. The summed E-state index contributed by atoms with van der Waals surface area (Å²) in [6.07, 6.45) is 1.87. The lowest BCUT2D eigenvalue weighted by Gasteiger charge is -2.22. The topological polar surface area (TPSA) is 63.1 Å². The lowest BCUT2D eigenvalue weighted by molar-refractivity contribution is 0.0932. The van der Waals surface area contributed by atoms with Gasteiger partial charge in [0.2, 0.25) is 0 Å². The molecular formula is C23H23F2N3O2. The summed E-state index contributed by atoms with van der Waals surface area (Å²) in [6, 6.07) is 10.1. The van der Waals surface area contributed by atoms with Crippen LogP contribution in [0.2, 0.25) is 0 Å². The van der Waals surface area contributed by atoms with Crippen LogP contribution in [0.1, 0.15) is 47.4 Å². The Balaban J connectivity index is 1.83. The summed E-state index contributed by atoms with van der Waals surface area (Å²) in [7, 11) is 0. The van der Waals surface area contributed by atoms with E-state index < -0.39 is 17.3 Å². The van der Waals surface area contributed by atoms with Crippen molar-refractivity contribution in [3.05, 3.63) is 81.3 Å². The number of carbonyl (C=O) groups is 1. The summed E-state index contributed by atoms with van der Waals surface area (Å²) < 4.78 is 29.5. The molecule has 1 heterocycles. The average Bonchev–Trinajstić information content (AvgIpc) is 3.54. The van der Waals surface area contributed by atoms with Crippen molar-refractivity contribution >= 4 is 16.7 Å². The van der Waals surface area contributed by atoms with Gasteiger partial charge in [-0.1, -0.05) is 24.3 Å². The number of fused-ring (bicyclic) bond motifs is 1. The number of hydrogen-bond donors (Lipinski definition) is 2. The van der Waals surface area contributed by atoms with Gasteiger partial charge < -0.3 is 10.7 Å². The Labute approximate surface area is 172 Å². The molecule has 7 heteroatoms. The van der Waals surface area contributed by atoms with Crippen LogP contribution in [-0.4, -0.2) is 17.1 Å². The molecule has 0 spiro atoms. The van der Waals surface area contributed by atoms with Crippen LogP contribution >= 0.6 is 0 Å². The minimum atomic E-state index is -0.679. The monoisotopic (exact) mass is 411 g/mol. The van der Waals surface area contributed by atoms with E-state index in [1.54, 1.807) is 25.1 Å². The summed E-state index contributed by atoms with van der Waals surface area (Å²) in [6.45, 7) is 3.89. The van der Waals surface area contributed by atoms with Crippen LogP contribution in [0.25, 0.3) is 10.8 Å². The van der Waals surface area contributed by atoms with Gasteiger partial charge in [-0.3, -0.25) is 9.59 Å². The van der Waals surface area contributed by atoms with E-state index in [4.69, 9.17) is 0 Å². The van der Waals surface area contributed by atoms with Gasteiger partial charge >= 0.3 is 0 Å². The lowest BCUT2D eigenvalue weighted by atomic mass is 9.99. The van der Waals surface area contributed by atoms with Gasteiger partial charge in [0.1, 0.15) is 11.6 Å². The molecule has 156 valence electrons. The molecule has 5 nitrogen and oxygen atoms in total. The van der Waals surface area contributed by atoms with Gasteiger partial charge in [0.05, 0.1) is 22.7 Å². The molecule has 1 fully saturated rings. The largest absolute Gasteiger partial charge is 0.345 e. The van der Waals surface area contributed by atoms with E-state index in [1.165, 1.54) is 28.9 Å². The maximum Gasteiger partial charge on any atom is 0.279 e. The number of amides is 1. The zero-order valence-corrected chi connectivity index (χ0v) is 16.8. The Morgan fingerprint density at radius 1 is 1.20 bits per heavy atom. The number of pyridine rings is 1. The maximum atomic E-state index is 14.5. The van der Waals surface area contributed by atoms with E-state index >= 15 is 0 Å². The van der Waals surface area contributed by atoms with Crippen LogP contribution in [0, 0.1) is 24.5 Å². The van der Waals surface area contributed by atoms with Gasteiger partial charge in [0, 0.05) is 11.9 Å². The molecule has 1 unspecified atom stereocenters. The van der Waals surface area contributed by atoms with Crippen molar-refractivity contribution in [1.29, 1.82) is 0 Å². The van der Waals surface area contributed by atoms with Gasteiger partial charge in [0.25, 0.3) is 11.5 Å². The minimum Gasteiger partial charge on any atom is -0.345 e. The molecule has 2 N–H and O–H groups in total. The molecule has 0 radical (unpaired) electrons. The summed E-state index contributed by atoms with van der Waals surface area (Å²) in [5.41, 5.74) is 3.67. The highest BCUT2D eigenvalue weighted by atomic mass is 19.1. The molecule has 1 aliphatic carbocycles. The normalized spacial score (nSPS) is 14.5. The van der Waals surface area contributed by atoms with Crippen LogP contribution in [0.15, 0.2) is 47.3 Å². The Morgan fingerprint density at radius 3 is 2.60 bits per heavy atom. The number of benzene rings is 2. The molecule has 0 bridgehead atoms. The van der Waals surface area contributed by atoms with E-state index in [0.29, 0.717) is 17.8 Å². The molecule has 1 saturated carbocycles. The highest BCUT2D eigenvalue weighted by Crippen LogP contribution is 2.41. The molecule has 3 aromatic rings. The number of hydrogen-bond acceptors (Lipinski definition) is 3. The van der Waals surface area contributed by atoms with E-state index in [9.17, 15) is 18.4 Å². The third-order valence-corrected chi connectivity index (χ3v) is 5.53. The summed E-state index contributed by atoms with van der Waals surface area (Å²) in [5, 5.41) is 3.13. The Kier molecular flexibility index (Phi) is 5.28. The minimum absolute atomic E-state index is 0.136. The summed E-state index contributed by atoms with van der Waals surface area (Å²) >= 11 is 0. The number of halogens is 2. The Morgan fingerprint density at radius 2 is 1.93 bits per heavy atom. The fourth-order valence-electron chi connectivity index (χ4n) is 3.97. The predicted molar refractivity (Wildman–Crippen MR) is 112 cm³/mol. The molecule has 0 aliphatic heterocycles. The molecule has 1 aliphatic rings. The van der Waals surface area contributed by atoms with Gasteiger partial charge in [-0.25, -0.2) is 13.5 Å². The van der Waals surface area contributed by atoms with Crippen LogP contribution in [0.3, 0.4) is 0 Å². The first-order valence-electron chi connectivity index (χ1n) is 10.1. The smallest absolute Gasteiger partial charge is 0.279 e. The third kappa shape index (κ3) is 3.56. The molecule has 2 aromatic carbocycles. The molecule has 1 aromatic heterocycles. The fourth-order valence-corrected chi connectivity index (χ4v) is 3.97. The van der Waals surface area contributed by atoms with E-state index in [1.807, 2.05) is 6.92 Å². The van der Waals surface area contributed by atoms with Crippen LogP contribution in [-0.2, 0) is 0 Å². The van der Waals surface area contributed by atoms with Gasteiger partial charge in [0.15, 0.2) is 0 Å². The highest BCUT2D eigenvalue weighted by molar-refractivity contribution is 6.08. The summed E-state index contributed by atoms with van der Waals surface area (Å²) in [4.78, 5) is 26.2. The van der Waals surface area contributed by atoms with Crippen LogP contribution in [0.4, 0.5) is 8.78 Å². The van der Waals surface area contributed by atoms with Gasteiger partial charge in [-0.15, -0.1) is 0 Å². The van der Waals surface area contributed by atoms with Crippen molar-refractivity contribution in [2.75, 3.05) is 12.0 Å². The van der Waals surface area contributed by atoms with Crippen LogP contribution in [0.5, 0.6) is 0 Å². The molecule has 0 saturated heterocycles. The van der Waals surface area contributed by atoms with E-state index in [2.05, 4.69) is 10.7 Å². The molecule has 1 amide bonds. The van der Waals surface area contributed by atoms with Crippen molar-refractivity contribution < 1.29 is 13.6 Å². The van der Waals surface area contributed by atoms with Crippen molar-refractivity contribution in [3.8, 4) is 0 Å². The molecular weight excluding hydrogens is 388 g/mol. The summed E-state index contributed by atoms with van der Waals surface area (Å²) in [5.74, 6) is -1.24. The molecule has 4 rings (SSSR count). The zero-order valence-electron chi connectivity index (χ0n) is 16.8. The highest BCUT2D eigenvalue weighted by Gasteiger charge is 2.34. The predicted octanol–water partition coefficient (Wildman–Crippen LogP) is 4.03. The zero-order chi connectivity index (χ0) is 21.4. The average molecular weight is 411 g/mol. The molecule has 1 atom stereocenters. The second-order valence-corrected chi connectivity index (χ2v) is 7.62. The standard InChI is InChI=1S/C23H23F2N3O2/c1-3-26-28-13(2)19(17-8-5-9-18(25)20(17)23(28)30)22(29)27-21(14-10-11-14)15-6-4-7-16(24)12-15/h4-9,12,14,21,26H,3,10-11H2,1-2H3,(H,27,29). The van der Waals surface area contributed by atoms with Crippen molar-refractivity contribution in [2.24, 2.45) is 5.92 Å². The van der Waals surface area contributed by atoms with Gasteiger partial charge in [-0.2, -0.15) is 0 Å². The second kappa shape index (κ2) is 7.89. The first-order chi connectivity index (χ1) is 14.4. The maximum absolute atomic E-state index is 14.5. The first kappa shape index (κ1) is 20.1. The Bertz CT molecular complexity index is 1190. The second-order valence-electron chi connectivity index (χ2n) is 7.62. The lowest BCUT2D eigenvalue weighted by Crippen LogP contribution is -2.36.